The van der Waals surface area contributed by atoms with E-state index in [-0.39, 0.29) is 0 Å². The number of alkyl carbamates (subject to hydrolysis) is 1. The maximum absolute atomic E-state index is 13.0. The van der Waals surface area contributed by atoms with Crippen LogP contribution in [-0.2, 0) is 14.3 Å². The van der Waals surface area contributed by atoms with Crippen LogP contribution in [0, 0.1) is 5.82 Å². The number of hydrogen-bond donors (Lipinski definition) is 2. The second kappa shape index (κ2) is 7.22. The van der Waals surface area contributed by atoms with Crippen LogP contribution in [0.15, 0.2) is 24.3 Å². The Kier molecular flexibility index (Phi) is 5.87. The quantitative estimate of drug-likeness (QED) is 0.830. The molecule has 0 aliphatic carbocycles. The number of carbonyl (C=O) groups is 2. The fraction of sp³-hybridized carbons (Fsp3) is 0.467. The predicted molar refractivity (Wildman–Crippen MR) is 76.5 cm³/mol. The normalized spacial score (nSPS) is 13.9. The number of halogens is 1. The highest BCUT2D eigenvalue weighted by molar-refractivity contribution is 5.77. The van der Waals surface area contributed by atoms with Crippen molar-refractivity contribution in [3.05, 3.63) is 35.6 Å². The van der Waals surface area contributed by atoms with Gasteiger partial charge in [-0.05, 0) is 38.5 Å². The van der Waals surface area contributed by atoms with E-state index in [2.05, 4.69) is 10.1 Å². The molecular formula is C15H20FNO5. The Morgan fingerprint density at radius 1 is 1.23 bits per heavy atom. The predicted octanol–water partition coefficient (Wildman–Crippen LogP) is 1.93. The largest absolute Gasteiger partial charge is 0.467 e. The molecule has 0 bridgehead atoms. The van der Waals surface area contributed by atoms with Crippen molar-refractivity contribution in [3.63, 3.8) is 0 Å². The maximum Gasteiger partial charge on any atom is 0.408 e. The molecule has 1 aromatic rings. The van der Waals surface area contributed by atoms with Gasteiger partial charge >= 0.3 is 12.1 Å². The molecule has 1 rings (SSSR count). The lowest BCUT2D eigenvalue weighted by Crippen LogP contribution is -2.43. The number of hydrogen-bond acceptors (Lipinski definition) is 5. The molecule has 0 aliphatic heterocycles. The monoisotopic (exact) mass is 313 g/mol. The summed E-state index contributed by atoms with van der Waals surface area (Å²) in [7, 11) is 1.11. The van der Waals surface area contributed by atoms with E-state index in [1.165, 1.54) is 12.1 Å². The highest BCUT2D eigenvalue weighted by atomic mass is 19.1. The molecule has 2 unspecified atom stereocenters. The van der Waals surface area contributed by atoms with Gasteiger partial charge in [0.15, 0.2) is 6.10 Å². The molecule has 6 nitrogen and oxygen atoms in total. The first-order valence-electron chi connectivity index (χ1n) is 6.65. The molecule has 2 atom stereocenters. The van der Waals surface area contributed by atoms with Crippen LogP contribution in [0.25, 0.3) is 0 Å². The van der Waals surface area contributed by atoms with E-state index in [9.17, 15) is 19.1 Å². The lowest BCUT2D eigenvalue weighted by Gasteiger charge is -2.25. The highest BCUT2D eigenvalue weighted by Crippen LogP contribution is 2.20. The SMILES string of the molecule is COC(=O)C(O)C(NC(=O)OC(C)(C)C)c1ccc(F)cc1. The fourth-order valence-electron chi connectivity index (χ4n) is 1.71. The molecule has 1 aromatic carbocycles. The number of rotatable bonds is 4. The molecule has 0 aliphatic rings. The van der Waals surface area contributed by atoms with Crippen LogP contribution < -0.4 is 5.32 Å². The van der Waals surface area contributed by atoms with Gasteiger partial charge < -0.3 is 19.9 Å². The molecule has 7 heteroatoms. The maximum atomic E-state index is 13.0. The Labute approximate surface area is 128 Å². The van der Waals surface area contributed by atoms with Crippen molar-refractivity contribution in [2.24, 2.45) is 0 Å². The highest BCUT2D eigenvalue weighted by Gasteiger charge is 2.31. The number of methoxy groups -OCH3 is 1. The van der Waals surface area contributed by atoms with E-state index >= 15 is 0 Å². The average molecular weight is 313 g/mol. The Balaban J connectivity index is 2.99. The van der Waals surface area contributed by atoms with Crippen molar-refractivity contribution in [2.75, 3.05) is 7.11 Å². The third-order valence-corrected chi connectivity index (χ3v) is 2.66. The summed E-state index contributed by atoms with van der Waals surface area (Å²) in [4.78, 5) is 23.4. The van der Waals surface area contributed by atoms with Gasteiger partial charge in [0.1, 0.15) is 11.4 Å². The summed E-state index contributed by atoms with van der Waals surface area (Å²) >= 11 is 0. The minimum absolute atomic E-state index is 0.338. The standard InChI is InChI=1S/C15H20FNO5/c1-15(2,3)22-14(20)17-11(12(18)13(19)21-4)9-5-7-10(16)8-6-9/h5-8,11-12,18H,1-4H3,(H,17,20). The topological polar surface area (TPSA) is 84.9 Å². The lowest BCUT2D eigenvalue weighted by atomic mass is 10.0. The smallest absolute Gasteiger partial charge is 0.408 e. The zero-order valence-corrected chi connectivity index (χ0v) is 12.9. The number of carbonyl (C=O) groups excluding carboxylic acids is 2. The van der Waals surface area contributed by atoms with E-state index in [0.29, 0.717) is 5.56 Å². The number of aliphatic hydroxyl groups is 1. The summed E-state index contributed by atoms with van der Waals surface area (Å²) in [6, 6.07) is 3.89. The minimum atomic E-state index is -1.65. The molecule has 0 radical (unpaired) electrons. The van der Waals surface area contributed by atoms with Gasteiger partial charge in [-0.1, -0.05) is 12.1 Å². The van der Waals surface area contributed by atoms with Crippen LogP contribution in [0.3, 0.4) is 0 Å². The van der Waals surface area contributed by atoms with E-state index in [1.54, 1.807) is 20.8 Å². The van der Waals surface area contributed by atoms with E-state index in [0.717, 1.165) is 19.2 Å². The van der Waals surface area contributed by atoms with Gasteiger partial charge in [0.2, 0.25) is 0 Å². The van der Waals surface area contributed by atoms with Gasteiger partial charge in [-0.15, -0.1) is 0 Å². The van der Waals surface area contributed by atoms with Crippen LogP contribution >= 0.6 is 0 Å². The first kappa shape index (κ1) is 17.9. The van der Waals surface area contributed by atoms with Gasteiger partial charge in [-0.2, -0.15) is 0 Å². The molecular weight excluding hydrogens is 293 g/mol. The third kappa shape index (κ3) is 5.33. The van der Waals surface area contributed by atoms with Crippen molar-refractivity contribution in [1.82, 2.24) is 5.32 Å². The van der Waals surface area contributed by atoms with Crippen LogP contribution in [0.5, 0.6) is 0 Å². The van der Waals surface area contributed by atoms with E-state index in [1.807, 2.05) is 0 Å². The Morgan fingerprint density at radius 2 is 1.77 bits per heavy atom. The summed E-state index contributed by atoms with van der Waals surface area (Å²) < 4.78 is 22.5. The molecule has 0 saturated carbocycles. The lowest BCUT2D eigenvalue weighted by molar-refractivity contribution is -0.152. The zero-order valence-electron chi connectivity index (χ0n) is 12.9. The van der Waals surface area contributed by atoms with Crippen LogP contribution in [0.4, 0.5) is 9.18 Å². The summed E-state index contributed by atoms with van der Waals surface area (Å²) in [5.41, 5.74) is -0.404. The Morgan fingerprint density at radius 3 is 2.23 bits per heavy atom. The molecule has 2 N–H and O–H groups in total. The average Bonchev–Trinajstić information content (AvgIpc) is 2.42. The summed E-state index contributed by atoms with van der Waals surface area (Å²) in [5.74, 6) is -1.40. The summed E-state index contributed by atoms with van der Waals surface area (Å²) in [6.07, 6.45) is -2.47. The molecule has 0 fully saturated rings. The first-order chi connectivity index (χ1) is 10.1. The fourth-order valence-corrected chi connectivity index (χ4v) is 1.71. The minimum Gasteiger partial charge on any atom is -0.467 e. The number of benzene rings is 1. The second-order valence-electron chi connectivity index (χ2n) is 5.64. The Hall–Kier alpha value is -2.15. The van der Waals surface area contributed by atoms with Gasteiger partial charge in [-0.3, -0.25) is 0 Å². The van der Waals surface area contributed by atoms with Crippen molar-refractivity contribution in [2.45, 2.75) is 38.5 Å². The van der Waals surface area contributed by atoms with Gasteiger partial charge in [0, 0.05) is 0 Å². The molecule has 0 aromatic heterocycles. The number of amides is 1. The number of aliphatic hydroxyl groups excluding tert-OH is 1. The van der Waals surface area contributed by atoms with Crippen molar-refractivity contribution in [1.29, 1.82) is 0 Å². The van der Waals surface area contributed by atoms with E-state index < -0.39 is 35.6 Å². The molecule has 0 heterocycles. The first-order valence-corrected chi connectivity index (χ1v) is 6.65. The van der Waals surface area contributed by atoms with Crippen molar-refractivity contribution < 1.29 is 28.6 Å². The van der Waals surface area contributed by atoms with Crippen LogP contribution in [-0.4, -0.2) is 36.0 Å². The van der Waals surface area contributed by atoms with Gasteiger partial charge in [0.05, 0.1) is 13.2 Å². The molecule has 122 valence electrons. The molecule has 22 heavy (non-hydrogen) atoms. The zero-order chi connectivity index (χ0) is 16.9. The van der Waals surface area contributed by atoms with Crippen molar-refractivity contribution >= 4 is 12.1 Å². The number of nitrogens with one attached hydrogen (secondary N) is 1. The van der Waals surface area contributed by atoms with Gasteiger partial charge in [-0.25, -0.2) is 14.0 Å². The summed E-state index contributed by atoms with van der Waals surface area (Å²) in [6.45, 7) is 5.03. The molecule has 0 spiro atoms. The second-order valence-corrected chi connectivity index (χ2v) is 5.64. The van der Waals surface area contributed by atoms with E-state index in [4.69, 9.17) is 4.74 Å². The number of ether oxygens (including phenoxy) is 2. The molecule has 0 saturated heterocycles. The molecule has 1 amide bonds. The van der Waals surface area contributed by atoms with Crippen LogP contribution in [0.1, 0.15) is 32.4 Å². The number of esters is 1. The van der Waals surface area contributed by atoms with Gasteiger partial charge in [0.25, 0.3) is 0 Å². The third-order valence-electron chi connectivity index (χ3n) is 2.66. The Bertz CT molecular complexity index is 524. The van der Waals surface area contributed by atoms with Crippen LogP contribution in [0.2, 0.25) is 0 Å². The van der Waals surface area contributed by atoms with Crippen molar-refractivity contribution in [3.8, 4) is 0 Å². The summed E-state index contributed by atoms with van der Waals surface area (Å²) in [5, 5.41) is 12.4.